The van der Waals surface area contributed by atoms with Crippen molar-refractivity contribution >= 4 is 29.2 Å². The highest BCUT2D eigenvalue weighted by Gasteiger charge is 2.60. The van der Waals surface area contributed by atoms with Crippen LogP contribution in [-0.4, -0.2) is 131 Å². The smallest absolute Gasteiger partial charge is 0.256 e. The Morgan fingerprint density at radius 1 is 1.07 bits per heavy atom. The van der Waals surface area contributed by atoms with Gasteiger partial charge in [-0.15, -0.1) is 11.6 Å². The quantitative estimate of drug-likeness (QED) is 0.377. The highest BCUT2D eigenvalue weighted by atomic mass is 35.5. The van der Waals surface area contributed by atoms with E-state index in [0.717, 1.165) is 32.5 Å². The maximum Gasteiger partial charge on any atom is 0.256 e. The number of alkyl halides is 2. The summed E-state index contributed by atoms with van der Waals surface area (Å²) in [5.41, 5.74) is 0.146. The second kappa shape index (κ2) is 11.9. The van der Waals surface area contributed by atoms with E-state index in [2.05, 4.69) is 20.0 Å². The maximum atomic E-state index is 16.2. The second-order valence-corrected chi connectivity index (χ2v) is 13.0. The summed E-state index contributed by atoms with van der Waals surface area (Å²) in [6.45, 7) is 7.50. The summed E-state index contributed by atoms with van der Waals surface area (Å²) >= 11 is 6.57. The van der Waals surface area contributed by atoms with Crippen molar-refractivity contribution in [3.8, 4) is 0 Å². The van der Waals surface area contributed by atoms with Crippen LogP contribution in [0.3, 0.4) is 0 Å². The number of nitrogens with zero attached hydrogens (tertiary/aromatic N) is 4. The number of ether oxygens (including phenoxy) is 1. The molecule has 2 aliphatic carbocycles. The molecule has 3 saturated heterocycles. The van der Waals surface area contributed by atoms with E-state index in [0.29, 0.717) is 45.6 Å². The standard InChI is InChI=1S/C29H43ClFN5O4/c1-2-24(37)34-11-13-35(14-12-34)26-21(31)16-19-25-28(26)40-23-15-18(30)5-6-22(23)36(25)17-20(27(19)38)29(39)32-7-10-33-8-3-4-9-33/h17-19,21-23,25-26,28H,2-16H2,1H3,(H,32,39). The Balaban J connectivity index is 1.24. The third-order valence-electron chi connectivity index (χ3n) is 10.1. The van der Waals surface area contributed by atoms with Gasteiger partial charge in [-0.3, -0.25) is 19.3 Å². The molecule has 2 amide bonds. The van der Waals surface area contributed by atoms with Crippen LogP contribution in [0.15, 0.2) is 11.8 Å². The van der Waals surface area contributed by atoms with Gasteiger partial charge in [0.15, 0.2) is 5.78 Å². The lowest BCUT2D eigenvalue weighted by atomic mass is 9.69. The van der Waals surface area contributed by atoms with Gasteiger partial charge in [0.25, 0.3) is 5.91 Å². The zero-order chi connectivity index (χ0) is 28.0. The van der Waals surface area contributed by atoms with E-state index in [1.807, 2.05) is 11.8 Å². The predicted octanol–water partition coefficient (Wildman–Crippen LogP) is 1.54. The second-order valence-electron chi connectivity index (χ2n) is 12.4. The number of Topliss-reactive ketones (excluding diaryl/α,β-unsaturated/α-hetero) is 1. The van der Waals surface area contributed by atoms with E-state index in [4.69, 9.17) is 16.3 Å². The molecular formula is C29H43ClFN5O4. The Hall–Kier alpha value is -1.75. The first-order chi connectivity index (χ1) is 19.4. The molecular weight excluding hydrogens is 537 g/mol. The number of morpholine rings is 1. The van der Waals surface area contributed by atoms with Gasteiger partial charge in [-0.05, 0) is 51.6 Å². The summed E-state index contributed by atoms with van der Waals surface area (Å²) in [5.74, 6) is -1.13. The molecule has 8 unspecified atom stereocenters. The highest BCUT2D eigenvalue weighted by Crippen LogP contribution is 2.47. The lowest BCUT2D eigenvalue weighted by molar-refractivity contribution is -0.212. The number of halogens is 2. The van der Waals surface area contributed by atoms with Crippen molar-refractivity contribution in [2.24, 2.45) is 5.92 Å². The van der Waals surface area contributed by atoms with E-state index in [1.54, 1.807) is 6.20 Å². The van der Waals surface area contributed by atoms with Crippen molar-refractivity contribution in [1.29, 1.82) is 0 Å². The van der Waals surface area contributed by atoms with Crippen LogP contribution < -0.4 is 5.32 Å². The molecule has 4 heterocycles. The molecule has 8 atom stereocenters. The van der Waals surface area contributed by atoms with Crippen LogP contribution in [-0.2, 0) is 19.1 Å². The topological polar surface area (TPSA) is 85.4 Å². The average Bonchev–Trinajstić information content (AvgIpc) is 3.47. The fourth-order valence-electron chi connectivity index (χ4n) is 8.06. The molecule has 222 valence electrons. The number of hydrogen-bond acceptors (Lipinski definition) is 7. The predicted molar refractivity (Wildman–Crippen MR) is 149 cm³/mol. The first kappa shape index (κ1) is 28.4. The van der Waals surface area contributed by atoms with Gasteiger partial charge < -0.3 is 24.8 Å². The Morgan fingerprint density at radius 2 is 1.82 bits per heavy atom. The zero-order valence-corrected chi connectivity index (χ0v) is 24.2. The van der Waals surface area contributed by atoms with E-state index < -0.39 is 24.2 Å². The summed E-state index contributed by atoms with van der Waals surface area (Å²) in [6.07, 6.45) is 5.03. The number of carbonyl (C=O) groups is 3. The molecule has 6 rings (SSSR count). The Morgan fingerprint density at radius 3 is 2.55 bits per heavy atom. The molecule has 1 N–H and O–H groups in total. The van der Waals surface area contributed by atoms with Gasteiger partial charge in [0.1, 0.15) is 6.17 Å². The summed E-state index contributed by atoms with van der Waals surface area (Å²) in [7, 11) is 0. The van der Waals surface area contributed by atoms with Crippen LogP contribution in [0.4, 0.5) is 4.39 Å². The van der Waals surface area contributed by atoms with Crippen molar-refractivity contribution in [1.82, 2.24) is 24.9 Å². The molecule has 0 radical (unpaired) electrons. The molecule has 0 bridgehead atoms. The first-order valence-corrected chi connectivity index (χ1v) is 15.8. The number of piperazine rings is 1. The zero-order valence-electron chi connectivity index (χ0n) is 23.5. The first-order valence-electron chi connectivity index (χ1n) is 15.3. The van der Waals surface area contributed by atoms with Crippen molar-refractivity contribution in [2.75, 3.05) is 52.4 Å². The normalized spacial score (nSPS) is 38.5. The Kier molecular flexibility index (Phi) is 8.41. The van der Waals surface area contributed by atoms with Gasteiger partial charge in [0.05, 0.1) is 35.9 Å². The summed E-state index contributed by atoms with van der Waals surface area (Å²) in [6, 6.07) is -0.805. The summed E-state index contributed by atoms with van der Waals surface area (Å²) in [5, 5.41) is 2.95. The number of rotatable bonds is 6. The monoisotopic (exact) mass is 579 g/mol. The summed E-state index contributed by atoms with van der Waals surface area (Å²) < 4.78 is 22.9. The van der Waals surface area contributed by atoms with Gasteiger partial charge in [-0.2, -0.15) is 0 Å². The number of likely N-dealkylation sites (tertiary alicyclic amines) is 1. The minimum absolute atomic E-state index is 0.00934. The molecule has 9 nitrogen and oxygen atoms in total. The molecule has 2 saturated carbocycles. The molecule has 0 spiro atoms. The van der Waals surface area contributed by atoms with Crippen LogP contribution in [0.25, 0.3) is 0 Å². The number of fused-ring (bicyclic) bond motifs is 2. The van der Waals surface area contributed by atoms with Crippen molar-refractivity contribution in [3.05, 3.63) is 11.8 Å². The molecule has 4 aliphatic heterocycles. The Labute approximate surface area is 241 Å². The Bertz CT molecular complexity index is 1020. The number of ketones is 1. The highest BCUT2D eigenvalue weighted by molar-refractivity contribution is 6.21. The minimum Gasteiger partial charge on any atom is -0.369 e. The maximum absolute atomic E-state index is 16.2. The molecule has 40 heavy (non-hydrogen) atoms. The number of carbonyl (C=O) groups excluding carboxylic acids is 3. The summed E-state index contributed by atoms with van der Waals surface area (Å²) in [4.78, 5) is 47.8. The lowest BCUT2D eigenvalue weighted by Gasteiger charge is -2.61. The van der Waals surface area contributed by atoms with Crippen LogP contribution in [0.2, 0.25) is 0 Å². The van der Waals surface area contributed by atoms with Crippen LogP contribution in [0.5, 0.6) is 0 Å². The molecule has 6 aliphatic rings. The molecule has 11 heteroatoms. The van der Waals surface area contributed by atoms with Gasteiger partial charge in [-0.1, -0.05) is 6.92 Å². The van der Waals surface area contributed by atoms with Crippen LogP contribution in [0.1, 0.15) is 51.9 Å². The van der Waals surface area contributed by atoms with Gasteiger partial charge in [0, 0.05) is 63.2 Å². The lowest BCUT2D eigenvalue weighted by Crippen LogP contribution is -2.74. The van der Waals surface area contributed by atoms with E-state index >= 15 is 4.39 Å². The average molecular weight is 580 g/mol. The third kappa shape index (κ3) is 5.29. The van der Waals surface area contributed by atoms with E-state index in [1.165, 1.54) is 12.8 Å². The number of nitrogens with one attached hydrogen (secondary N) is 1. The van der Waals surface area contributed by atoms with Crippen LogP contribution in [0, 0.1) is 5.92 Å². The van der Waals surface area contributed by atoms with E-state index in [-0.39, 0.29) is 53.2 Å². The molecule has 5 fully saturated rings. The van der Waals surface area contributed by atoms with Gasteiger partial charge in [-0.25, -0.2) is 4.39 Å². The number of hydrogen-bond donors (Lipinski definition) is 1. The third-order valence-corrected chi connectivity index (χ3v) is 10.5. The molecule has 0 aromatic heterocycles. The SMILES string of the molecule is CCC(=O)N1CCN(C2C(F)CC3C(=O)C(C(=O)NCCN4CCCC4)=CN4C5CCC(Cl)CC5OC2C34)CC1. The molecule has 0 aromatic rings. The van der Waals surface area contributed by atoms with Crippen LogP contribution >= 0.6 is 11.6 Å². The van der Waals surface area contributed by atoms with Crippen molar-refractivity contribution in [2.45, 2.75) is 93.8 Å². The van der Waals surface area contributed by atoms with Gasteiger partial charge in [0.2, 0.25) is 5.91 Å². The largest absolute Gasteiger partial charge is 0.369 e. The fourth-order valence-corrected chi connectivity index (χ4v) is 8.36. The minimum atomic E-state index is -1.27. The van der Waals surface area contributed by atoms with Gasteiger partial charge >= 0.3 is 0 Å². The van der Waals surface area contributed by atoms with Crippen molar-refractivity contribution in [3.63, 3.8) is 0 Å². The van der Waals surface area contributed by atoms with Crippen molar-refractivity contribution < 1.29 is 23.5 Å². The van der Waals surface area contributed by atoms with E-state index in [9.17, 15) is 14.4 Å². The number of amides is 2. The molecule has 0 aromatic carbocycles. The fraction of sp³-hybridized carbons (Fsp3) is 0.828.